The number of methoxy groups -OCH3 is 1. The van der Waals surface area contributed by atoms with E-state index in [1.807, 2.05) is 0 Å². The number of rotatable bonds is 8. The highest BCUT2D eigenvalue weighted by molar-refractivity contribution is 4.75. The van der Waals surface area contributed by atoms with Gasteiger partial charge in [-0.2, -0.15) is 0 Å². The van der Waals surface area contributed by atoms with Gasteiger partial charge in [0.05, 0.1) is 19.3 Å². The van der Waals surface area contributed by atoms with E-state index in [0.29, 0.717) is 12.1 Å². The van der Waals surface area contributed by atoms with Crippen LogP contribution in [0.2, 0.25) is 0 Å². The van der Waals surface area contributed by atoms with Crippen LogP contribution in [0.1, 0.15) is 46.0 Å². The van der Waals surface area contributed by atoms with Crippen molar-refractivity contribution >= 4 is 0 Å². The fourth-order valence-corrected chi connectivity index (χ4v) is 2.68. The van der Waals surface area contributed by atoms with E-state index in [1.165, 1.54) is 32.1 Å². The Hall–Kier alpha value is -0.120. The zero-order valence-electron chi connectivity index (χ0n) is 11.7. The first kappa shape index (κ1) is 14.9. The third-order valence-corrected chi connectivity index (χ3v) is 3.71. The lowest BCUT2D eigenvalue weighted by Crippen LogP contribution is -2.35. The van der Waals surface area contributed by atoms with Gasteiger partial charge < -0.3 is 14.8 Å². The van der Waals surface area contributed by atoms with Crippen LogP contribution in [0.15, 0.2) is 0 Å². The molecule has 0 bridgehead atoms. The van der Waals surface area contributed by atoms with Gasteiger partial charge in [-0.25, -0.2) is 0 Å². The summed E-state index contributed by atoms with van der Waals surface area (Å²) in [5.74, 6) is 0.792. The fourth-order valence-electron chi connectivity index (χ4n) is 2.68. The van der Waals surface area contributed by atoms with Gasteiger partial charge in [-0.05, 0) is 25.7 Å². The molecule has 0 radical (unpaired) electrons. The number of hydrogen-bond donors (Lipinski definition) is 1. The molecular formula is C14H29NO2. The van der Waals surface area contributed by atoms with Gasteiger partial charge in [0.25, 0.3) is 0 Å². The lowest BCUT2D eigenvalue weighted by molar-refractivity contribution is -0.0113. The predicted molar refractivity (Wildman–Crippen MR) is 71.3 cm³/mol. The Bertz CT molecular complexity index is 187. The zero-order chi connectivity index (χ0) is 12.5. The summed E-state index contributed by atoms with van der Waals surface area (Å²) in [6.07, 6.45) is 7.11. The van der Waals surface area contributed by atoms with Crippen LogP contribution < -0.4 is 5.32 Å². The normalized spacial score (nSPS) is 27.0. The monoisotopic (exact) mass is 243 g/mol. The number of ether oxygens (including phenoxy) is 2. The minimum Gasteiger partial charge on any atom is -0.383 e. The van der Waals surface area contributed by atoms with Gasteiger partial charge in [0.15, 0.2) is 0 Å². The maximum atomic E-state index is 6.01. The maximum Gasteiger partial charge on any atom is 0.0613 e. The molecule has 0 saturated heterocycles. The summed E-state index contributed by atoms with van der Waals surface area (Å²) in [7, 11) is 1.74. The molecule has 102 valence electrons. The second kappa shape index (κ2) is 8.90. The first-order chi connectivity index (χ1) is 8.27. The minimum atomic E-state index is 0.414. The molecule has 1 N–H and O–H groups in total. The van der Waals surface area contributed by atoms with Crippen LogP contribution in [0.5, 0.6) is 0 Å². The van der Waals surface area contributed by atoms with Gasteiger partial charge in [-0.1, -0.05) is 26.2 Å². The molecule has 0 heterocycles. The third-order valence-electron chi connectivity index (χ3n) is 3.71. The molecule has 0 aromatic heterocycles. The van der Waals surface area contributed by atoms with Crippen LogP contribution in [0.4, 0.5) is 0 Å². The Kier molecular flexibility index (Phi) is 7.82. The standard InChI is InChI=1S/C14H29NO2/c1-4-13-7-5-6-8-14(13)17-10-9-15-12(2)11-16-3/h12-15H,4-11H2,1-3H3. The van der Waals surface area contributed by atoms with Gasteiger partial charge in [-0.15, -0.1) is 0 Å². The average molecular weight is 243 g/mol. The van der Waals surface area contributed by atoms with E-state index in [4.69, 9.17) is 9.47 Å². The van der Waals surface area contributed by atoms with Crippen molar-refractivity contribution in [3.8, 4) is 0 Å². The summed E-state index contributed by atoms with van der Waals surface area (Å²) in [5, 5.41) is 3.41. The van der Waals surface area contributed by atoms with Crippen LogP contribution in [0.25, 0.3) is 0 Å². The van der Waals surface area contributed by atoms with Crippen molar-refractivity contribution in [3.05, 3.63) is 0 Å². The van der Waals surface area contributed by atoms with Gasteiger partial charge in [0.2, 0.25) is 0 Å². The predicted octanol–water partition coefficient (Wildman–Crippen LogP) is 2.60. The molecule has 3 heteroatoms. The van der Waals surface area contributed by atoms with E-state index >= 15 is 0 Å². The summed E-state index contributed by atoms with van der Waals surface area (Å²) in [4.78, 5) is 0. The molecule has 0 aromatic carbocycles. The molecule has 3 atom stereocenters. The van der Waals surface area contributed by atoms with Crippen molar-refractivity contribution in [2.75, 3.05) is 26.9 Å². The average Bonchev–Trinajstić information content (AvgIpc) is 2.35. The van der Waals surface area contributed by atoms with Crippen LogP contribution in [-0.4, -0.2) is 39.0 Å². The van der Waals surface area contributed by atoms with E-state index in [0.717, 1.165) is 25.7 Å². The summed E-state index contributed by atoms with van der Waals surface area (Å²) in [6.45, 7) is 6.94. The molecule has 17 heavy (non-hydrogen) atoms. The lowest BCUT2D eigenvalue weighted by atomic mass is 9.85. The van der Waals surface area contributed by atoms with Crippen LogP contribution in [0, 0.1) is 5.92 Å². The summed E-state index contributed by atoms with van der Waals surface area (Å²) < 4.78 is 11.1. The molecule has 1 saturated carbocycles. The quantitative estimate of drug-likeness (QED) is 0.665. The van der Waals surface area contributed by atoms with E-state index in [2.05, 4.69) is 19.2 Å². The van der Waals surface area contributed by atoms with Crippen molar-refractivity contribution in [1.29, 1.82) is 0 Å². The molecule has 1 rings (SSSR count). The largest absolute Gasteiger partial charge is 0.383 e. The number of nitrogens with one attached hydrogen (secondary N) is 1. The van der Waals surface area contributed by atoms with E-state index in [1.54, 1.807) is 7.11 Å². The molecule has 0 amide bonds. The molecule has 3 nitrogen and oxygen atoms in total. The Balaban J connectivity index is 2.08. The van der Waals surface area contributed by atoms with Crippen molar-refractivity contribution in [2.45, 2.75) is 58.1 Å². The van der Waals surface area contributed by atoms with E-state index in [9.17, 15) is 0 Å². The van der Waals surface area contributed by atoms with Crippen LogP contribution in [-0.2, 0) is 9.47 Å². The molecule has 1 aliphatic rings. The number of hydrogen-bond acceptors (Lipinski definition) is 3. The smallest absolute Gasteiger partial charge is 0.0613 e. The molecule has 3 unspecified atom stereocenters. The lowest BCUT2D eigenvalue weighted by Gasteiger charge is -2.31. The van der Waals surface area contributed by atoms with Gasteiger partial charge >= 0.3 is 0 Å². The third kappa shape index (κ3) is 5.84. The van der Waals surface area contributed by atoms with E-state index in [-0.39, 0.29) is 0 Å². The molecule has 0 spiro atoms. The van der Waals surface area contributed by atoms with E-state index < -0.39 is 0 Å². The second-order valence-electron chi connectivity index (χ2n) is 5.17. The van der Waals surface area contributed by atoms with Crippen LogP contribution in [0.3, 0.4) is 0 Å². The Labute approximate surface area is 106 Å². The highest BCUT2D eigenvalue weighted by atomic mass is 16.5. The van der Waals surface area contributed by atoms with Gasteiger partial charge in [-0.3, -0.25) is 0 Å². The van der Waals surface area contributed by atoms with Crippen LogP contribution >= 0.6 is 0 Å². The highest BCUT2D eigenvalue weighted by Crippen LogP contribution is 2.28. The molecule has 0 aromatic rings. The Morgan fingerprint density at radius 3 is 2.76 bits per heavy atom. The summed E-state index contributed by atoms with van der Waals surface area (Å²) in [6, 6.07) is 0.414. The summed E-state index contributed by atoms with van der Waals surface area (Å²) >= 11 is 0. The molecule has 1 aliphatic carbocycles. The van der Waals surface area contributed by atoms with Gasteiger partial charge in [0.1, 0.15) is 0 Å². The Morgan fingerprint density at radius 1 is 1.29 bits per heavy atom. The highest BCUT2D eigenvalue weighted by Gasteiger charge is 2.23. The summed E-state index contributed by atoms with van der Waals surface area (Å²) in [5.41, 5.74) is 0. The van der Waals surface area contributed by atoms with Crippen molar-refractivity contribution in [2.24, 2.45) is 5.92 Å². The SMILES string of the molecule is CCC1CCCCC1OCCNC(C)COC. The molecule has 0 aliphatic heterocycles. The molecular weight excluding hydrogens is 214 g/mol. The second-order valence-corrected chi connectivity index (χ2v) is 5.17. The topological polar surface area (TPSA) is 30.5 Å². The minimum absolute atomic E-state index is 0.414. The van der Waals surface area contributed by atoms with Gasteiger partial charge in [0, 0.05) is 19.7 Å². The zero-order valence-corrected chi connectivity index (χ0v) is 11.7. The first-order valence-electron chi connectivity index (χ1n) is 7.11. The fraction of sp³-hybridized carbons (Fsp3) is 1.00. The van der Waals surface area contributed by atoms with Crippen molar-refractivity contribution in [1.82, 2.24) is 5.32 Å². The van der Waals surface area contributed by atoms with Crippen molar-refractivity contribution < 1.29 is 9.47 Å². The van der Waals surface area contributed by atoms with Crippen molar-refractivity contribution in [3.63, 3.8) is 0 Å². The maximum absolute atomic E-state index is 6.01. The molecule has 1 fully saturated rings. The first-order valence-corrected chi connectivity index (χ1v) is 7.11. The Morgan fingerprint density at radius 2 is 2.06 bits per heavy atom.